The number of nitrogens with zero attached hydrogens (tertiary/aromatic N) is 2. The summed E-state index contributed by atoms with van der Waals surface area (Å²) in [6.45, 7) is 7.07. The molecule has 0 saturated carbocycles. The molecule has 2 atom stereocenters. The number of hydrogen-bond acceptors (Lipinski definition) is 3. The molecule has 2 aliphatic heterocycles. The summed E-state index contributed by atoms with van der Waals surface area (Å²) >= 11 is 0. The monoisotopic (exact) mass is 247 g/mol. The van der Waals surface area contributed by atoms with E-state index in [0.29, 0.717) is 24.9 Å². The molecule has 5 nitrogen and oxygen atoms in total. The predicted octanol–water partition coefficient (Wildman–Crippen LogP) is -0.277. The molecule has 2 unspecified atom stereocenters. The summed E-state index contributed by atoms with van der Waals surface area (Å²) in [4.78, 5) is 0. The molecule has 6 heteroatoms. The second-order valence-corrected chi connectivity index (χ2v) is 7.10. The number of hydrogen-bond donors (Lipinski definition) is 1. The van der Waals surface area contributed by atoms with Gasteiger partial charge in [-0.25, -0.2) is 0 Å². The normalized spacial score (nSPS) is 31.6. The van der Waals surface area contributed by atoms with Gasteiger partial charge in [-0.2, -0.15) is 17.0 Å². The van der Waals surface area contributed by atoms with Gasteiger partial charge in [0.05, 0.1) is 0 Å². The number of nitrogens with one attached hydrogen (secondary N) is 1. The minimum absolute atomic E-state index is 0.0172. The first-order valence-electron chi connectivity index (χ1n) is 5.86. The second kappa shape index (κ2) is 4.25. The van der Waals surface area contributed by atoms with Crippen LogP contribution >= 0.6 is 0 Å². The molecule has 0 aromatic carbocycles. The first-order valence-corrected chi connectivity index (χ1v) is 7.26. The van der Waals surface area contributed by atoms with E-state index in [2.05, 4.69) is 5.32 Å². The third kappa shape index (κ3) is 1.99. The maximum Gasteiger partial charge on any atom is 0.281 e. The lowest BCUT2D eigenvalue weighted by atomic mass is 10.0. The zero-order valence-corrected chi connectivity index (χ0v) is 11.0. The van der Waals surface area contributed by atoms with Crippen molar-refractivity contribution >= 4 is 10.2 Å². The molecule has 2 heterocycles. The van der Waals surface area contributed by atoms with Crippen LogP contribution < -0.4 is 5.32 Å². The largest absolute Gasteiger partial charge is 0.316 e. The van der Waals surface area contributed by atoms with Crippen LogP contribution in [0.2, 0.25) is 0 Å². The van der Waals surface area contributed by atoms with Gasteiger partial charge >= 0.3 is 0 Å². The maximum absolute atomic E-state index is 12.2. The topological polar surface area (TPSA) is 52.7 Å². The van der Waals surface area contributed by atoms with E-state index in [1.165, 1.54) is 4.31 Å². The van der Waals surface area contributed by atoms with Crippen molar-refractivity contribution in [2.75, 3.05) is 33.2 Å². The quantitative estimate of drug-likeness (QED) is 0.746. The Hall–Kier alpha value is -0.170. The molecule has 0 spiro atoms. The molecule has 0 bridgehead atoms. The zero-order chi connectivity index (χ0) is 11.9. The average molecular weight is 247 g/mol. The predicted molar refractivity (Wildman–Crippen MR) is 63.2 cm³/mol. The average Bonchev–Trinajstić information content (AvgIpc) is 2.74. The van der Waals surface area contributed by atoms with E-state index in [4.69, 9.17) is 0 Å². The van der Waals surface area contributed by atoms with Crippen molar-refractivity contribution in [2.24, 2.45) is 11.8 Å². The van der Waals surface area contributed by atoms with Crippen LogP contribution in [0.25, 0.3) is 0 Å². The van der Waals surface area contributed by atoms with Gasteiger partial charge in [0, 0.05) is 26.2 Å². The highest BCUT2D eigenvalue weighted by molar-refractivity contribution is 7.86. The van der Waals surface area contributed by atoms with Gasteiger partial charge in [-0.3, -0.25) is 0 Å². The Balaban J connectivity index is 2.09. The standard InChI is InChI=1S/C10H21N3O2S/c1-8(2)12(3)16(14,15)13-6-9-4-11-5-10(9)7-13/h8-11H,4-7H2,1-3H3. The van der Waals surface area contributed by atoms with Gasteiger partial charge in [-0.05, 0) is 38.8 Å². The molecule has 0 amide bonds. The van der Waals surface area contributed by atoms with Crippen LogP contribution in [0.5, 0.6) is 0 Å². The molecular formula is C10H21N3O2S. The Morgan fingerprint density at radius 3 is 2.19 bits per heavy atom. The van der Waals surface area contributed by atoms with Crippen molar-refractivity contribution in [1.29, 1.82) is 0 Å². The summed E-state index contributed by atoms with van der Waals surface area (Å²) < 4.78 is 27.6. The van der Waals surface area contributed by atoms with E-state index >= 15 is 0 Å². The van der Waals surface area contributed by atoms with Gasteiger partial charge in [0.1, 0.15) is 0 Å². The summed E-state index contributed by atoms with van der Waals surface area (Å²) in [5.74, 6) is 1.02. The van der Waals surface area contributed by atoms with Crippen molar-refractivity contribution < 1.29 is 8.42 Å². The van der Waals surface area contributed by atoms with Gasteiger partial charge in [-0.15, -0.1) is 0 Å². The van der Waals surface area contributed by atoms with Crippen molar-refractivity contribution in [1.82, 2.24) is 13.9 Å². The van der Waals surface area contributed by atoms with Crippen molar-refractivity contribution in [2.45, 2.75) is 19.9 Å². The van der Waals surface area contributed by atoms with E-state index in [0.717, 1.165) is 13.1 Å². The molecule has 0 aliphatic carbocycles. The van der Waals surface area contributed by atoms with Crippen LogP contribution in [0, 0.1) is 11.8 Å². The SMILES string of the molecule is CC(C)N(C)S(=O)(=O)N1CC2CNCC2C1. The first-order chi connectivity index (χ1) is 7.43. The number of rotatable bonds is 3. The Morgan fingerprint density at radius 1 is 1.25 bits per heavy atom. The lowest BCUT2D eigenvalue weighted by Crippen LogP contribution is -2.44. The molecule has 1 N–H and O–H groups in total. The third-order valence-corrected chi connectivity index (χ3v) is 5.87. The molecule has 2 saturated heterocycles. The van der Waals surface area contributed by atoms with E-state index in [-0.39, 0.29) is 6.04 Å². The summed E-state index contributed by atoms with van der Waals surface area (Å²) in [6, 6.07) is 0.0172. The molecule has 2 fully saturated rings. The zero-order valence-electron chi connectivity index (χ0n) is 10.2. The fourth-order valence-corrected chi connectivity index (χ4v) is 4.11. The molecule has 0 radical (unpaired) electrons. The van der Waals surface area contributed by atoms with Crippen molar-refractivity contribution in [3.05, 3.63) is 0 Å². The molecule has 0 aromatic rings. The fraction of sp³-hybridized carbons (Fsp3) is 1.00. The Kier molecular flexibility index (Phi) is 3.27. The molecule has 2 aliphatic rings. The first kappa shape index (κ1) is 12.3. The minimum Gasteiger partial charge on any atom is -0.316 e. The van der Waals surface area contributed by atoms with Gasteiger partial charge in [0.15, 0.2) is 0 Å². The fourth-order valence-electron chi connectivity index (χ4n) is 2.45. The number of fused-ring (bicyclic) bond motifs is 1. The maximum atomic E-state index is 12.2. The Labute approximate surface area is 98.0 Å². The summed E-state index contributed by atoms with van der Waals surface area (Å²) in [5.41, 5.74) is 0. The van der Waals surface area contributed by atoms with Crippen LogP contribution in [0.3, 0.4) is 0 Å². The van der Waals surface area contributed by atoms with Crippen LogP contribution in [0.15, 0.2) is 0 Å². The Morgan fingerprint density at radius 2 is 1.75 bits per heavy atom. The van der Waals surface area contributed by atoms with Crippen LogP contribution in [-0.4, -0.2) is 56.3 Å². The van der Waals surface area contributed by atoms with E-state index in [9.17, 15) is 8.42 Å². The lowest BCUT2D eigenvalue weighted by molar-refractivity contribution is 0.350. The highest BCUT2D eigenvalue weighted by atomic mass is 32.2. The van der Waals surface area contributed by atoms with Gasteiger partial charge < -0.3 is 5.32 Å². The smallest absolute Gasteiger partial charge is 0.281 e. The molecule has 94 valence electrons. The molecule has 0 aromatic heterocycles. The summed E-state index contributed by atoms with van der Waals surface area (Å²) in [7, 11) is -1.58. The van der Waals surface area contributed by atoms with Gasteiger partial charge in [0.25, 0.3) is 10.2 Å². The van der Waals surface area contributed by atoms with Crippen LogP contribution in [-0.2, 0) is 10.2 Å². The highest BCUT2D eigenvalue weighted by Crippen LogP contribution is 2.29. The summed E-state index contributed by atoms with van der Waals surface area (Å²) in [6.07, 6.45) is 0. The Bertz CT molecular complexity index is 343. The second-order valence-electron chi connectivity index (χ2n) is 5.11. The van der Waals surface area contributed by atoms with E-state index in [1.54, 1.807) is 11.4 Å². The van der Waals surface area contributed by atoms with Gasteiger partial charge in [0.2, 0.25) is 0 Å². The lowest BCUT2D eigenvalue weighted by Gasteiger charge is -2.27. The van der Waals surface area contributed by atoms with Crippen molar-refractivity contribution in [3.63, 3.8) is 0 Å². The summed E-state index contributed by atoms with van der Waals surface area (Å²) in [5, 5.41) is 3.31. The van der Waals surface area contributed by atoms with Crippen LogP contribution in [0.4, 0.5) is 0 Å². The molecule has 2 rings (SSSR count). The molecular weight excluding hydrogens is 226 g/mol. The van der Waals surface area contributed by atoms with Crippen LogP contribution in [0.1, 0.15) is 13.8 Å². The third-order valence-electron chi connectivity index (χ3n) is 3.77. The van der Waals surface area contributed by atoms with E-state index < -0.39 is 10.2 Å². The molecule has 16 heavy (non-hydrogen) atoms. The van der Waals surface area contributed by atoms with Gasteiger partial charge in [-0.1, -0.05) is 0 Å². The minimum atomic E-state index is -3.24. The highest BCUT2D eigenvalue weighted by Gasteiger charge is 2.42. The van der Waals surface area contributed by atoms with Crippen molar-refractivity contribution in [3.8, 4) is 0 Å². The van der Waals surface area contributed by atoms with E-state index in [1.807, 2.05) is 13.8 Å².